The highest BCUT2D eigenvalue weighted by atomic mass is 35.5. The number of halogens is 5. The van der Waals surface area contributed by atoms with Crippen LogP contribution in [0.2, 0.25) is 5.02 Å². The first-order valence-corrected chi connectivity index (χ1v) is 13.9. The molecule has 224 valence electrons. The fourth-order valence-electron chi connectivity index (χ4n) is 4.40. The zero-order chi connectivity index (χ0) is 31.1. The molecule has 1 amide bonds. The molecule has 10 heteroatoms. The van der Waals surface area contributed by atoms with Gasteiger partial charge in [-0.3, -0.25) is 4.79 Å². The zero-order valence-electron chi connectivity index (χ0n) is 23.1. The molecule has 0 aliphatic heterocycles. The largest absolute Gasteiger partial charge is 0.493 e. The number of hydrogen-bond donors (Lipinski definition) is 2. The van der Waals surface area contributed by atoms with E-state index in [0.29, 0.717) is 34.4 Å². The molecule has 0 aliphatic rings. The number of ether oxygens (including phenoxy) is 1. The number of unbranched alkanes of at least 4 members (excludes halogenated alkanes) is 1. The fourth-order valence-corrected chi connectivity index (χ4v) is 4.58. The molecular weight excluding hydrogens is 586 g/mol. The molecule has 1 unspecified atom stereocenters. The molecule has 5 nitrogen and oxygen atoms in total. The number of amides is 1. The van der Waals surface area contributed by atoms with E-state index < -0.39 is 35.5 Å². The van der Waals surface area contributed by atoms with Gasteiger partial charge in [-0.05, 0) is 70.6 Å². The highest BCUT2D eigenvalue weighted by molar-refractivity contribution is 6.31. The summed E-state index contributed by atoms with van der Waals surface area (Å²) in [5.41, 5.74) is 1.87. The van der Waals surface area contributed by atoms with Gasteiger partial charge < -0.3 is 15.2 Å². The quantitative estimate of drug-likeness (QED) is 0.131. The van der Waals surface area contributed by atoms with Crippen LogP contribution in [0.3, 0.4) is 0 Å². The Morgan fingerprint density at radius 1 is 0.907 bits per heavy atom. The molecule has 2 N–H and O–H groups in total. The Balaban J connectivity index is 1.56. The van der Waals surface area contributed by atoms with Gasteiger partial charge in [-0.2, -0.15) is 13.2 Å². The predicted octanol–water partition coefficient (Wildman–Crippen LogP) is 8.44. The van der Waals surface area contributed by atoms with Gasteiger partial charge in [-0.15, -0.1) is 0 Å². The highest BCUT2D eigenvalue weighted by Crippen LogP contribution is 2.33. The summed E-state index contributed by atoms with van der Waals surface area (Å²) in [6.45, 7) is 2.33. The topological polar surface area (TPSA) is 75.6 Å². The van der Waals surface area contributed by atoms with Crippen LogP contribution in [0.5, 0.6) is 5.75 Å². The Hall–Kier alpha value is -4.37. The second-order valence-electron chi connectivity index (χ2n) is 9.89. The van der Waals surface area contributed by atoms with E-state index in [-0.39, 0.29) is 22.8 Å². The minimum Gasteiger partial charge on any atom is -0.493 e. The van der Waals surface area contributed by atoms with E-state index in [4.69, 9.17) is 16.3 Å². The normalized spacial score (nSPS) is 12.0. The van der Waals surface area contributed by atoms with Crippen molar-refractivity contribution in [2.24, 2.45) is 0 Å². The van der Waals surface area contributed by atoms with Gasteiger partial charge in [0.15, 0.2) is 0 Å². The first-order valence-electron chi connectivity index (χ1n) is 13.5. The molecule has 0 aromatic heterocycles. The van der Waals surface area contributed by atoms with E-state index in [9.17, 15) is 32.3 Å². The van der Waals surface area contributed by atoms with Gasteiger partial charge in [0.25, 0.3) is 5.91 Å². The third-order valence-corrected chi connectivity index (χ3v) is 7.04. The maximum atomic E-state index is 13.7. The minimum atomic E-state index is -4.48. The van der Waals surface area contributed by atoms with Crippen LogP contribution in [-0.4, -0.2) is 29.6 Å². The number of alkyl halides is 3. The van der Waals surface area contributed by atoms with Gasteiger partial charge in [0.2, 0.25) is 0 Å². The summed E-state index contributed by atoms with van der Waals surface area (Å²) in [6.07, 6.45) is -2.95. The molecule has 0 saturated carbocycles. The lowest BCUT2D eigenvalue weighted by Gasteiger charge is -2.18. The van der Waals surface area contributed by atoms with E-state index >= 15 is 0 Å². The van der Waals surface area contributed by atoms with Crippen molar-refractivity contribution in [3.63, 3.8) is 0 Å². The molecule has 0 fully saturated rings. The van der Waals surface area contributed by atoms with Gasteiger partial charge in [0.1, 0.15) is 17.6 Å². The minimum absolute atomic E-state index is 0.0801. The van der Waals surface area contributed by atoms with Crippen LogP contribution in [-0.2, 0) is 17.4 Å². The molecule has 0 heterocycles. The van der Waals surface area contributed by atoms with Gasteiger partial charge in [0.05, 0.1) is 22.8 Å². The monoisotopic (exact) mass is 613 g/mol. The molecule has 4 aromatic rings. The number of nitrogens with one attached hydrogen (secondary N) is 1. The van der Waals surface area contributed by atoms with Gasteiger partial charge in [-0.1, -0.05) is 73.5 Å². The van der Waals surface area contributed by atoms with Crippen LogP contribution in [0.25, 0.3) is 22.3 Å². The van der Waals surface area contributed by atoms with Crippen molar-refractivity contribution in [1.29, 1.82) is 0 Å². The van der Waals surface area contributed by atoms with Crippen molar-refractivity contribution < 1.29 is 37.0 Å². The molecule has 0 saturated heterocycles. The van der Waals surface area contributed by atoms with E-state index in [2.05, 4.69) is 5.32 Å². The van der Waals surface area contributed by atoms with Crippen molar-refractivity contribution >= 4 is 23.5 Å². The van der Waals surface area contributed by atoms with Crippen LogP contribution in [0.1, 0.15) is 41.3 Å². The average molecular weight is 614 g/mol. The van der Waals surface area contributed by atoms with Crippen molar-refractivity contribution in [3.8, 4) is 28.0 Å². The van der Waals surface area contributed by atoms with Crippen LogP contribution in [0.4, 0.5) is 17.6 Å². The third-order valence-electron chi connectivity index (χ3n) is 6.75. The van der Waals surface area contributed by atoms with Gasteiger partial charge >= 0.3 is 12.1 Å². The molecule has 0 radical (unpaired) electrons. The molecule has 4 rings (SSSR count). The molecule has 0 spiro atoms. The Morgan fingerprint density at radius 3 is 2.21 bits per heavy atom. The van der Waals surface area contributed by atoms with Crippen molar-refractivity contribution in [3.05, 3.63) is 112 Å². The lowest BCUT2D eigenvalue weighted by molar-refractivity contribution is -0.139. The summed E-state index contributed by atoms with van der Waals surface area (Å²) in [5.74, 6) is -2.28. The Labute approximate surface area is 251 Å². The van der Waals surface area contributed by atoms with Crippen molar-refractivity contribution in [2.45, 2.75) is 38.4 Å². The first kappa shape index (κ1) is 31.6. The number of benzene rings is 4. The van der Waals surface area contributed by atoms with Crippen molar-refractivity contribution in [2.75, 3.05) is 6.61 Å². The predicted molar refractivity (Wildman–Crippen MR) is 157 cm³/mol. The highest BCUT2D eigenvalue weighted by Gasteiger charge is 2.30. The second kappa shape index (κ2) is 13.7. The molecule has 0 aliphatic carbocycles. The molecule has 4 aromatic carbocycles. The summed E-state index contributed by atoms with van der Waals surface area (Å²) in [5, 5.41) is 12.4. The van der Waals surface area contributed by atoms with Crippen molar-refractivity contribution in [1.82, 2.24) is 5.32 Å². The number of rotatable bonds is 11. The summed E-state index contributed by atoms with van der Waals surface area (Å²) in [4.78, 5) is 25.6. The van der Waals surface area contributed by atoms with Crippen LogP contribution in [0, 0.1) is 5.82 Å². The fraction of sp³-hybridized carbons (Fsp3) is 0.212. The van der Waals surface area contributed by atoms with Gasteiger partial charge in [0, 0.05) is 6.42 Å². The third kappa shape index (κ3) is 8.14. The first-order chi connectivity index (χ1) is 20.5. The SMILES string of the molecule is CCCCOc1ccc(-c2ccc(F)c(Cl)c2)cc1C(=O)NC(Cc1ccc(-c2cccc(C(F)(F)F)c2)cc1)C(=O)O. The lowest BCUT2D eigenvalue weighted by atomic mass is 9.98. The molecular formula is C33H28ClF4NO4. The average Bonchev–Trinajstić information content (AvgIpc) is 2.98. The molecule has 1 atom stereocenters. The number of carbonyl (C=O) groups is 2. The van der Waals surface area contributed by atoms with E-state index in [0.717, 1.165) is 25.0 Å². The van der Waals surface area contributed by atoms with Crippen LogP contribution >= 0.6 is 11.6 Å². The molecule has 0 bridgehead atoms. The van der Waals surface area contributed by atoms with E-state index in [1.54, 1.807) is 42.5 Å². The number of aliphatic carboxylic acids is 1. The van der Waals surface area contributed by atoms with Gasteiger partial charge in [-0.25, -0.2) is 9.18 Å². The molecule has 43 heavy (non-hydrogen) atoms. The summed E-state index contributed by atoms with van der Waals surface area (Å²) < 4.78 is 58.9. The summed E-state index contributed by atoms with van der Waals surface area (Å²) >= 11 is 5.94. The van der Waals surface area contributed by atoms with Crippen LogP contribution in [0.15, 0.2) is 84.9 Å². The maximum absolute atomic E-state index is 13.7. The lowest BCUT2D eigenvalue weighted by Crippen LogP contribution is -2.42. The standard InChI is InChI=1S/C33H28ClF4NO4/c1-2-3-15-43-30-14-12-23(24-11-13-28(35)27(34)19-24)18-26(30)31(40)39-29(32(41)42)16-20-7-9-21(10-8-20)22-5-4-6-25(17-22)33(36,37)38/h4-14,17-19,29H,2-3,15-16H2,1H3,(H,39,40)(H,41,42). The number of carboxylic acids is 1. The summed E-state index contributed by atoms with van der Waals surface area (Å²) in [6, 6.07) is 19.0. The Kier molecular flexibility index (Phi) is 10.1. The van der Waals surface area contributed by atoms with E-state index in [1.807, 2.05) is 6.92 Å². The van der Waals surface area contributed by atoms with Crippen LogP contribution < -0.4 is 10.1 Å². The summed E-state index contributed by atoms with van der Waals surface area (Å²) in [7, 11) is 0. The number of carbonyl (C=O) groups excluding carboxylic acids is 1. The maximum Gasteiger partial charge on any atom is 0.416 e. The Morgan fingerprint density at radius 2 is 1.56 bits per heavy atom. The van der Waals surface area contributed by atoms with E-state index in [1.165, 1.54) is 30.3 Å². The second-order valence-corrected chi connectivity index (χ2v) is 10.3. The number of carboxylic acid groups (broad SMARTS) is 1. The smallest absolute Gasteiger partial charge is 0.416 e. The Bertz CT molecular complexity index is 1610. The number of hydrogen-bond acceptors (Lipinski definition) is 3. The zero-order valence-corrected chi connectivity index (χ0v) is 23.8.